The average molecular weight is 368 g/mol. The maximum absolute atomic E-state index is 13.4. The van der Waals surface area contributed by atoms with Crippen molar-refractivity contribution in [2.75, 3.05) is 12.3 Å². The molecule has 2 rings (SSSR count). The van der Waals surface area contributed by atoms with E-state index in [0.717, 1.165) is 22.3 Å². The van der Waals surface area contributed by atoms with Gasteiger partial charge in [-0.1, -0.05) is 31.2 Å². The molecule has 0 aromatic heterocycles. The minimum atomic E-state index is -0.146. The van der Waals surface area contributed by atoms with Crippen LogP contribution in [0, 0.1) is 12.7 Å². The Balaban J connectivity index is 2.12. The zero-order chi connectivity index (χ0) is 15.2. The molecule has 0 spiro atoms. The molecule has 0 fully saturated rings. The Morgan fingerprint density at radius 3 is 2.67 bits per heavy atom. The first-order valence-corrected chi connectivity index (χ1v) is 8.76. The van der Waals surface area contributed by atoms with Crippen molar-refractivity contribution in [3.05, 3.63) is 63.9 Å². The van der Waals surface area contributed by atoms with Gasteiger partial charge in [0.15, 0.2) is 0 Å². The average Bonchev–Trinajstić information content (AvgIpc) is 2.48. The van der Waals surface area contributed by atoms with Crippen LogP contribution in [0.3, 0.4) is 0 Å². The molecule has 1 N–H and O–H groups in total. The van der Waals surface area contributed by atoms with E-state index in [1.165, 1.54) is 4.90 Å². The van der Waals surface area contributed by atoms with Crippen LogP contribution in [0.4, 0.5) is 4.39 Å². The topological polar surface area (TPSA) is 12.0 Å². The minimum Gasteiger partial charge on any atom is -0.309 e. The molecule has 0 amide bonds. The van der Waals surface area contributed by atoms with Gasteiger partial charge in [-0.3, -0.25) is 0 Å². The molecule has 0 saturated heterocycles. The third-order valence-corrected chi connectivity index (χ3v) is 5.40. The molecule has 0 heterocycles. The van der Waals surface area contributed by atoms with Gasteiger partial charge in [0.1, 0.15) is 5.82 Å². The number of hydrogen-bond acceptors (Lipinski definition) is 2. The van der Waals surface area contributed by atoms with Crippen molar-refractivity contribution in [2.24, 2.45) is 0 Å². The van der Waals surface area contributed by atoms with E-state index in [2.05, 4.69) is 34.2 Å². The van der Waals surface area contributed by atoms with Gasteiger partial charge in [-0.15, -0.1) is 11.8 Å². The molecule has 0 aliphatic heterocycles. The van der Waals surface area contributed by atoms with E-state index in [4.69, 9.17) is 0 Å². The monoisotopic (exact) mass is 367 g/mol. The second-order valence-electron chi connectivity index (χ2n) is 4.86. The van der Waals surface area contributed by atoms with E-state index in [9.17, 15) is 4.39 Å². The van der Waals surface area contributed by atoms with E-state index in [0.29, 0.717) is 5.56 Å². The maximum Gasteiger partial charge on any atom is 0.126 e. The van der Waals surface area contributed by atoms with E-state index >= 15 is 0 Å². The number of hydrogen-bond donors (Lipinski definition) is 1. The summed E-state index contributed by atoms with van der Waals surface area (Å²) in [6, 6.07) is 13.8. The lowest BCUT2D eigenvalue weighted by Gasteiger charge is -2.19. The molecule has 112 valence electrons. The summed E-state index contributed by atoms with van der Waals surface area (Å²) in [5.74, 6) is 0.758. The van der Waals surface area contributed by atoms with Gasteiger partial charge in [-0.05, 0) is 58.7 Å². The van der Waals surface area contributed by atoms with Crippen LogP contribution in [-0.4, -0.2) is 12.3 Å². The fourth-order valence-electron chi connectivity index (χ4n) is 2.14. The van der Waals surface area contributed by atoms with Crippen molar-refractivity contribution in [3.63, 3.8) is 0 Å². The number of rotatable bonds is 6. The molecule has 2 aromatic rings. The van der Waals surface area contributed by atoms with Crippen molar-refractivity contribution in [1.29, 1.82) is 0 Å². The van der Waals surface area contributed by atoms with Crippen molar-refractivity contribution in [2.45, 2.75) is 24.8 Å². The lowest BCUT2D eigenvalue weighted by atomic mass is 10.1. The van der Waals surface area contributed by atoms with Crippen LogP contribution in [0.1, 0.15) is 24.1 Å². The van der Waals surface area contributed by atoms with Gasteiger partial charge in [0.05, 0.1) is 0 Å². The first-order chi connectivity index (χ1) is 10.1. The Kier molecular flexibility index (Phi) is 6.27. The standard InChI is InChI=1S/C17H19BrFNS/c1-3-20-16(13-8-9-15(19)12(2)10-13)11-21-17-7-5-4-6-14(17)18/h4-10,16,20H,3,11H2,1-2H3. The minimum absolute atomic E-state index is 0.146. The molecule has 0 radical (unpaired) electrons. The SMILES string of the molecule is CCNC(CSc1ccccc1Br)c1ccc(F)c(C)c1. The Bertz CT molecular complexity index is 603. The number of aryl methyl sites for hydroxylation is 1. The van der Waals surface area contributed by atoms with Crippen LogP contribution in [0.2, 0.25) is 0 Å². The zero-order valence-corrected chi connectivity index (χ0v) is 14.6. The fraction of sp³-hybridized carbons (Fsp3) is 0.294. The highest BCUT2D eigenvalue weighted by molar-refractivity contribution is 9.10. The van der Waals surface area contributed by atoms with Crippen LogP contribution in [0.25, 0.3) is 0 Å². The van der Waals surface area contributed by atoms with E-state index in [1.54, 1.807) is 17.8 Å². The Morgan fingerprint density at radius 2 is 2.00 bits per heavy atom. The van der Waals surface area contributed by atoms with Gasteiger partial charge in [-0.25, -0.2) is 4.39 Å². The second kappa shape index (κ2) is 7.97. The quantitative estimate of drug-likeness (QED) is 0.691. The zero-order valence-electron chi connectivity index (χ0n) is 12.2. The predicted molar refractivity (Wildman–Crippen MR) is 92.4 cm³/mol. The molecule has 1 nitrogen and oxygen atoms in total. The third kappa shape index (κ3) is 4.56. The number of halogens is 2. The summed E-state index contributed by atoms with van der Waals surface area (Å²) in [6.07, 6.45) is 0. The molecule has 0 aliphatic rings. The third-order valence-electron chi connectivity index (χ3n) is 3.28. The van der Waals surface area contributed by atoms with Crippen LogP contribution in [-0.2, 0) is 0 Å². The van der Waals surface area contributed by atoms with Crippen molar-refractivity contribution in [1.82, 2.24) is 5.32 Å². The van der Waals surface area contributed by atoms with Crippen LogP contribution in [0.5, 0.6) is 0 Å². The van der Waals surface area contributed by atoms with Crippen LogP contribution >= 0.6 is 27.7 Å². The van der Waals surface area contributed by atoms with Crippen LogP contribution in [0.15, 0.2) is 51.8 Å². The van der Waals surface area contributed by atoms with E-state index in [1.807, 2.05) is 37.3 Å². The summed E-state index contributed by atoms with van der Waals surface area (Å²) in [5.41, 5.74) is 1.83. The van der Waals surface area contributed by atoms with E-state index < -0.39 is 0 Å². The molecule has 1 atom stereocenters. The van der Waals surface area contributed by atoms with Gasteiger partial charge < -0.3 is 5.32 Å². The van der Waals surface area contributed by atoms with Gasteiger partial charge in [0.2, 0.25) is 0 Å². The normalized spacial score (nSPS) is 12.4. The number of nitrogens with one attached hydrogen (secondary N) is 1. The summed E-state index contributed by atoms with van der Waals surface area (Å²) in [7, 11) is 0. The molecular formula is C17H19BrFNS. The molecule has 21 heavy (non-hydrogen) atoms. The molecule has 1 unspecified atom stereocenters. The Hall–Kier alpha value is -0.840. The highest BCUT2D eigenvalue weighted by atomic mass is 79.9. The van der Waals surface area contributed by atoms with Crippen molar-refractivity contribution < 1.29 is 4.39 Å². The second-order valence-corrected chi connectivity index (χ2v) is 6.78. The summed E-state index contributed by atoms with van der Waals surface area (Å²) in [5, 5.41) is 3.48. The van der Waals surface area contributed by atoms with Gasteiger partial charge >= 0.3 is 0 Å². The summed E-state index contributed by atoms with van der Waals surface area (Å²) >= 11 is 5.37. The van der Waals surface area contributed by atoms with Gasteiger partial charge in [0.25, 0.3) is 0 Å². The largest absolute Gasteiger partial charge is 0.309 e. The predicted octanol–water partition coefficient (Wildman–Crippen LogP) is 5.34. The number of benzene rings is 2. The first kappa shape index (κ1) is 16.5. The molecular weight excluding hydrogens is 349 g/mol. The molecule has 4 heteroatoms. The van der Waals surface area contributed by atoms with Gasteiger partial charge in [0, 0.05) is 21.2 Å². The first-order valence-electron chi connectivity index (χ1n) is 6.98. The smallest absolute Gasteiger partial charge is 0.126 e. The maximum atomic E-state index is 13.4. The summed E-state index contributed by atoms with van der Waals surface area (Å²) < 4.78 is 14.5. The van der Waals surface area contributed by atoms with Gasteiger partial charge in [-0.2, -0.15) is 0 Å². The van der Waals surface area contributed by atoms with Crippen LogP contribution < -0.4 is 5.32 Å². The number of thioether (sulfide) groups is 1. The Morgan fingerprint density at radius 1 is 1.24 bits per heavy atom. The summed E-state index contributed by atoms with van der Waals surface area (Å²) in [4.78, 5) is 1.22. The fourth-order valence-corrected chi connectivity index (χ4v) is 3.80. The molecule has 0 aliphatic carbocycles. The molecule has 0 bridgehead atoms. The lowest BCUT2D eigenvalue weighted by Crippen LogP contribution is -2.23. The lowest BCUT2D eigenvalue weighted by molar-refractivity contribution is 0.594. The van der Waals surface area contributed by atoms with Crippen molar-refractivity contribution in [3.8, 4) is 0 Å². The highest BCUT2D eigenvalue weighted by Crippen LogP contribution is 2.30. The van der Waals surface area contributed by atoms with Crippen molar-refractivity contribution >= 4 is 27.7 Å². The molecule has 2 aromatic carbocycles. The summed E-state index contributed by atoms with van der Waals surface area (Å²) in [6.45, 7) is 4.78. The Labute approximate surface area is 138 Å². The highest BCUT2D eigenvalue weighted by Gasteiger charge is 2.13. The van der Waals surface area contributed by atoms with E-state index in [-0.39, 0.29) is 11.9 Å². The molecule has 0 saturated carbocycles.